The molecule has 1 aliphatic rings. The van der Waals surface area contributed by atoms with Gasteiger partial charge in [-0.25, -0.2) is 5.84 Å². The van der Waals surface area contributed by atoms with Crippen molar-refractivity contribution in [2.24, 2.45) is 5.84 Å². The summed E-state index contributed by atoms with van der Waals surface area (Å²) < 4.78 is 0. The molecule has 0 saturated heterocycles. The molecule has 15 heavy (non-hydrogen) atoms. The van der Waals surface area contributed by atoms with Gasteiger partial charge < -0.3 is 0 Å². The Bertz CT molecular complexity index is 204. The van der Waals surface area contributed by atoms with E-state index < -0.39 is 0 Å². The normalized spacial score (nSPS) is 17.9. The molecule has 0 radical (unpaired) electrons. The fraction of sp³-hybridized carbons (Fsp3) is 0.909. The van der Waals surface area contributed by atoms with Crippen LogP contribution in [0.25, 0.3) is 0 Å². The van der Waals surface area contributed by atoms with Crippen molar-refractivity contribution in [3.63, 3.8) is 0 Å². The van der Waals surface area contributed by atoms with Crippen molar-refractivity contribution in [2.75, 3.05) is 6.54 Å². The second-order valence-electron chi connectivity index (χ2n) is 4.26. The van der Waals surface area contributed by atoms with Crippen LogP contribution in [-0.2, 0) is 4.79 Å². The lowest BCUT2D eigenvalue weighted by atomic mass is 10.1. The van der Waals surface area contributed by atoms with Crippen LogP contribution in [0.3, 0.4) is 0 Å². The number of nitrogens with zero attached hydrogens (tertiary/aromatic N) is 1. The number of carbonyl (C=O) groups excluding carboxylic acids is 1. The van der Waals surface area contributed by atoms with Crippen LogP contribution < -0.4 is 11.3 Å². The lowest BCUT2D eigenvalue weighted by Crippen LogP contribution is -2.50. The third-order valence-corrected chi connectivity index (χ3v) is 3.02. The van der Waals surface area contributed by atoms with E-state index in [0.717, 1.165) is 19.4 Å². The highest BCUT2D eigenvalue weighted by molar-refractivity contribution is 5.81. The maximum absolute atomic E-state index is 11.6. The zero-order valence-corrected chi connectivity index (χ0v) is 9.83. The molecule has 1 amide bonds. The molecule has 1 atom stereocenters. The predicted molar refractivity (Wildman–Crippen MR) is 61.0 cm³/mol. The Balaban J connectivity index is 2.54. The summed E-state index contributed by atoms with van der Waals surface area (Å²) in [6.45, 7) is 5.24. The van der Waals surface area contributed by atoms with E-state index in [-0.39, 0.29) is 11.9 Å². The molecule has 1 aliphatic carbocycles. The molecule has 0 aromatic heterocycles. The van der Waals surface area contributed by atoms with Crippen LogP contribution in [0.4, 0.5) is 0 Å². The molecule has 1 unspecified atom stereocenters. The summed E-state index contributed by atoms with van der Waals surface area (Å²) in [4.78, 5) is 13.9. The van der Waals surface area contributed by atoms with E-state index in [1.807, 2.05) is 6.92 Å². The van der Waals surface area contributed by atoms with Crippen molar-refractivity contribution >= 4 is 5.91 Å². The van der Waals surface area contributed by atoms with Gasteiger partial charge in [0.15, 0.2) is 0 Å². The Kier molecular flexibility index (Phi) is 5.05. The monoisotopic (exact) mass is 213 g/mol. The van der Waals surface area contributed by atoms with Gasteiger partial charge in [-0.3, -0.25) is 15.1 Å². The summed E-state index contributed by atoms with van der Waals surface area (Å²) in [5.41, 5.74) is 2.27. The summed E-state index contributed by atoms with van der Waals surface area (Å²) >= 11 is 0. The van der Waals surface area contributed by atoms with E-state index in [2.05, 4.69) is 17.2 Å². The quantitative estimate of drug-likeness (QED) is 0.377. The van der Waals surface area contributed by atoms with Crippen molar-refractivity contribution in [3.8, 4) is 0 Å². The maximum atomic E-state index is 11.6. The SMILES string of the molecule is CCCCN(C1CC1)C(CC)C(=O)NN. The first kappa shape index (κ1) is 12.5. The smallest absolute Gasteiger partial charge is 0.251 e. The number of carbonyl (C=O) groups is 1. The Morgan fingerprint density at radius 3 is 2.60 bits per heavy atom. The molecule has 0 aromatic rings. The van der Waals surface area contributed by atoms with E-state index in [0.29, 0.717) is 6.04 Å². The number of amides is 1. The molecule has 88 valence electrons. The van der Waals surface area contributed by atoms with Gasteiger partial charge in [0.05, 0.1) is 6.04 Å². The fourth-order valence-electron chi connectivity index (χ4n) is 2.01. The van der Waals surface area contributed by atoms with E-state index >= 15 is 0 Å². The number of nitrogens with one attached hydrogen (secondary N) is 1. The molecule has 0 aliphatic heterocycles. The molecule has 4 heteroatoms. The molecule has 1 fully saturated rings. The first-order valence-corrected chi connectivity index (χ1v) is 6.00. The summed E-state index contributed by atoms with van der Waals surface area (Å²) in [6, 6.07) is 0.591. The molecule has 0 spiro atoms. The van der Waals surface area contributed by atoms with Gasteiger partial charge in [0, 0.05) is 6.04 Å². The van der Waals surface area contributed by atoms with Crippen LogP contribution in [0.2, 0.25) is 0 Å². The predicted octanol–water partition coefficient (Wildman–Crippen LogP) is 1.02. The molecule has 3 N–H and O–H groups in total. The average Bonchev–Trinajstić information content (AvgIpc) is 3.07. The van der Waals surface area contributed by atoms with E-state index in [9.17, 15) is 4.79 Å². The minimum atomic E-state index is -0.0412. The van der Waals surface area contributed by atoms with Crippen LogP contribution in [0.15, 0.2) is 0 Å². The number of hydrogen-bond donors (Lipinski definition) is 2. The zero-order chi connectivity index (χ0) is 11.3. The van der Waals surface area contributed by atoms with Crippen LogP contribution in [-0.4, -0.2) is 29.4 Å². The van der Waals surface area contributed by atoms with Gasteiger partial charge in [-0.05, 0) is 32.2 Å². The Labute approximate surface area is 92.2 Å². The van der Waals surface area contributed by atoms with Gasteiger partial charge in [0.1, 0.15) is 0 Å². The number of unbranched alkanes of at least 4 members (excludes halogenated alkanes) is 1. The van der Waals surface area contributed by atoms with Crippen LogP contribution in [0.5, 0.6) is 0 Å². The summed E-state index contributed by atoms with van der Waals surface area (Å²) in [7, 11) is 0. The highest BCUT2D eigenvalue weighted by atomic mass is 16.2. The minimum Gasteiger partial charge on any atom is -0.293 e. The van der Waals surface area contributed by atoms with Gasteiger partial charge in [-0.1, -0.05) is 20.3 Å². The standard InChI is InChI=1S/C11H23N3O/c1-3-5-8-14(9-6-7-9)10(4-2)11(15)13-12/h9-10H,3-8,12H2,1-2H3,(H,13,15). The number of hydrogen-bond acceptors (Lipinski definition) is 3. The molecule has 0 bridgehead atoms. The third-order valence-electron chi connectivity index (χ3n) is 3.02. The topological polar surface area (TPSA) is 58.4 Å². The Morgan fingerprint density at radius 2 is 2.20 bits per heavy atom. The van der Waals surface area contributed by atoms with Gasteiger partial charge in [0.25, 0.3) is 5.91 Å². The molecule has 0 aromatic carbocycles. The summed E-state index contributed by atoms with van der Waals surface area (Å²) in [6.07, 6.45) is 5.63. The largest absolute Gasteiger partial charge is 0.293 e. The van der Waals surface area contributed by atoms with E-state index in [1.165, 1.54) is 19.3 Å². The third kappa shape index (κ3) is 3.47. The Morgan fingerprint density at radius 1 is 1.53 bits per heavy atom. The lowest BCUT2D eigenvalue weighted by Gasteiger charge is -2.29. The van der Waals surface area contributed by atoms with Crippen LogP contribution >= 0.6 is 0 Å². The highest BCUT2D eigenvalue weighted by Gasteiger charge is 2.35. The number of nitrogens with two attached hydrogens (primary N) is 1. The summed E-state index contributed by atoms with van der Waals surface area (Å²) in [5.74, 6) is 5.17. The van der Waals surface area contributed by atoms with Crippen LogP contribution in [0, 0.1) is 0 Å². The molecular weight excluding hydrogens is 190 g/mol. The van der Waals surface area contributed by atoms with Crippen molar-refractivity contribution in [3.05, 3.63) is 0 Å². The highest BCUT2D eigenvalue weighted by Crippen LogP contribution is 2.29. The second-order valence-corrected chi connectivity index (χ2v) is 4.26. The molecular formula is C11H23N3O. The second kappa shape index (κ2) is 6.08. The number of hydrazine groups is 1. The molecule has 1 rings (SSSR count). The van der Waals surface area contributed by atoms with E-state index in [1.54, 1.807) is 0 Å². The van der Waals surface area contributed by atoms with Gasteiger partial charge in [-0.2, -0.15) is 0 Å². The van der Waals surface area contributed by atoms with Crippen LogP contribution in [0.1, 0.15) is 46.0 Å². The molecule has 1 saturated carbocycles. The summed E-state index contributed by atoms with van der Waals surface area (Å²) in [5, 5.41) is 0. The Hall–Kier alpha value is -0.610. The first-order valence-electron chi connectivity index (χ1n) is 6.00. The zero-order valence-electron chi connectivity index (χ0n) is 9.83. The lowest BCUT2D eigenvalue weighted by molar-refractivity contribution is -0.127. The molecule has 4 nitrogen and oxygen atoms in total. The maximum Gasteiger partial charge on any atom is 0.251 e. The van der Waals surface area contributed by atoms with Crippen molar-refractivity contribution in [1.82, 2.24) is 10.3 Å². The average molecular weight is 213 g/mol. The molecule has 0 heterocycles. The van der Waals surface area contributed by atoms with Gasteiger partial charge in [-0.15, -0.1) is 0 Å². The fourth-order valence-corrected chi connectivity index (χ4v) is 2.01. The van der Waals surface area contributed by atoms with Crippen molar-refractivity contribution in [2.45, 2.75) is 58.0 Å². The first-order chi connectivity index (χ1) is 7.24. The van der Waals surface area contributed by atoms with Gasteiger partial charge in [0.2, 0.25) is 0 Å². The van der Waals surface area contributed by atoms with Gasteiger partial charge >= 0.3 is 0 Å². The minimum absolute atomic E-state index is 0.0333. The van der Waals surface area contributed by atoms with Crippen molar-refractivity contribution < 1.29 is 4.79 Å². The van der Waals surface area contributed by atoms with Crippen molar-refractivity contribution in [1.29, 1.82) is 0 Å². The number of rotatable bonds is 7. The van der Waals surface area contributed by atoms with E-state index in [4.69, 9.17) is 5.84 Å².